The summed E-state index contributed by atoms with van der Waals surface area (Å²) in [5, 5.41) is 3.54. The average Bonchev–Trinajstić information content (AvgIpc) is 2.39. The van der Waals surface area contributed by atoms with Crippen LogP contribution >= 0.6 is 0 Å². The van der Waals surface area contributed by atoms with Crippen LogP contribution in [0.4, 0.5) is 0 Å². The molecule has 1 N–H and O–H groups in total. The fourth-order valence-corrected chi connectivity index (χ4v) is 2.93. The van der Waals surface area contributed by atoms with E-state index in [9.17, 15) is 0 Å². The summed E-state index contributed by atoms with van der Waals surface area (Å²) in [6.45, 7) is 6.90. The van der Waals surface area contributed by atoms with Gasteiger partial charge in [0, 0.05) is 45.3 Å². The zero-order valence-corrected chi connectivity index (χ0v) is 10.5. The predicted octanol–water partition coefficient (Wildman–Crippen LogP) is 1.08. The molecule has 0 radical (unpaired) electrons. The van der Waals surface area contributed by atoms with Crippen molar-refractivity contribution in [1.82, 2.24) is 15.1 Å². The monoisotopic (exact) mass is 231 g/mol. The number of likely N-dealkylation sites (N-methyl/N-ethyl adjacent to an activating group) is 1. The van der Waals surface area contributed by atoms with E-state index in [1.54, 1.807) is 0 Å². The van der Waals surface area contributed by atoms with Gasteiger partial charge in [0.2, 0.25) is 0 Å². The molecule has 2 heterocycles. The van der Waals surface area contributed by atoms with Crippen LogP contribution in [-0.4, -0.2) is 49.6 Å². The minimum atomic E-state index is 0.577. The van der Waals surface area contributed by atoms with Gasteiger partial charge < -0.3 is 10.2 Å². The molecule has 2 aliphatic rings. The molecule has 1 saturated heterocycles. The van der Waals surface area contributed by atoms with Crippen LogP contribution in [0.2, 0.25) is 0 Å². The molecule has 0 aliphatic carbocycles. The van der Waals surface area contributed by atoms with Crippen LogP contribution in [0, 0.1) is 0 Å². The third-order valence-electron chi connectivity index (χ3n) is 4.05. The van der Waals surface area contributed by atoms with Crippen molar-refractivity contribution in [2.24, 2.45) is 0 Å². The first-order valence-electron chi connectivity index (χ1n) is 6.56. The molecular formula is C14H21N3. The Hall–Kier alpha value is -0.900. The van der Waals surface area contributed by atoms with E-state index in [4.69, 9.17) is 0 Å². The van der Waals surface area contributed by atoms with Gasteiger partial charge in [-0.1, -0.05) is 24.3 Å². The number of rotatable bonds is 1. The van der Waals surface area contributed by atoms with Crippen molar-refractivity contribution in [2.75, 3.05) is 39.8 Å². The lowest BCUT2D eigenvalue weighted by Crippen LogP contribution is -2.49. The summed E-state index contributed by atoms with van der Waals surface area (Å²) in [5.74, 6) is 0. The Labute approximate surface area is 103 Å². The molecule has 1 atom stereocenters. The van der Waals surface area contributed by atoms with Gasteiger partial charge in [0.1, 0.15) is 0 Å². The highest BCUT2D eigenvalue weighted by Gasteiger charge is 2.27. The van der Waals surface area contributed by atoms with E-state index >= 15 is 0 Å². The van der Waals surface area contributed by atoms with Crippen LogP contribution in [0.5, 0.6) is 0 Å². The summed E-state index contributed by atoms with van der Waals surface area (Å²) in [4.78, 5) is 5.05. The van der Waals surface area contributed by atoms with Crippen molar-refractivity contribution in [3.63, 3.8) is 0 Å². The highest BCUT2D eigenvalue weighted by Crippen LogP contribution is 2.27. The van der Waals surface area contributed by atoms with E-state index in [-0.39, 0.29) is 0 Å². The van der Waals surface area contributed by atoms with Crippen molar-refractivity contribution in [2.45, 2.75) is 12.6 Å². The molecule has 1 fully saturated rings. The Morgan fingerprint density at radius 3 is 2.71 bits per heavy atom. The van der Waals surface area contributed by atoms with Gasteiger partial charge in [-0.25, -0.2) is 0 Å². The smallest absolute Gasteiger partial charge is 0.0477 e. The molecule has 0 bridgehead atoms. The van der Waals surface area contributed by atoms with E-state index in [0.717, 1.165) is 13.1 Å². The van der Waals surface area contributed by atoms with Gasteiger partial charge in [0.15, 0.2) is 0 Å². The minimum absolute atomic E-state index is 0.577. The highest BCUT2D eigenvalue weighted by molar-refractivity contribution is 5.32. The molecule has 1 aromatic carbocycles. The Kier molecular flexibility index (Phi) is 3.14. The molecular weight excluding hydrogens is 210 g/mol. The normalized spacial score (nSPS) is 26.8. The standard InChI is InChI=1S/C14H21N3/c1-16-6-8-17(9-7-16)14-11-15-10-12-4-2-3-5-13(12)14/h2-5,14-15H,6-11H2,1H3/t14-/m1/s1. The van der Waals surface area contributed by atoms with Crippen molar-refractivity contribution in [1.29, 1.82) is 0 Å². The van der Waals surface area contributed by atoms with E-state index < -0.39 is 0 Å². The summed E-state index contributed by atoms with van der Waals surface area (Å²) >= 11 is 0. The summed E-state index contributed by atoms with van der Waals surface area (Å²) in [6.07, 6.45) is 0. The van der Waals surface area contributed by atoms with Crippen molar-refractivity contribution < 1.29 is 0 Å². The Bertz CT molecular complexity index is 383. The maximum Gasteiger partial charge on any atom is 0.0477 e. The number of piperazine rings is 1. The van der Waals surface area contributed by atoms with Gasteiger partial charge in [0.25, 0.3) is 0 Å². The summed E-state index contributed by atoms with van der Waals surface area (Å²) in [7, 11) is 2.21. The molecule has 3 nitrogen and oxygen atoms in total. The Morgan fingerprint density at radius 2 is 1.88 bits per heavy atom. The summed E-state index contributed by atoms with van der Waals surface area (Å²) in [6, 6.07) is 9.46. The number of hydrogen-bond donors (Lipinski definition) is 1. The summed E-state index contributed by atoms with van der Waals surface area (Å²) < 4.78 is 0. The van der Waals surface area contributed by atoms with E-state index in [1.807, 2.05) is 0 Å². The predicted molar refractivity (Wildman–Crippen MR) is 70.0 cm³/mol. The lowest BCUT2D eigenvalue weighted by Gasteiger charge is -2.40. The van der Waals surface area contributed by atoms with E-state index in [1.165, 1.54) is 37.3 Å². The minimum Gasteiger partial charge on any atom is -0.311 e. The van der Waals surface area contributed by atoms with Gasteiger partial charge >= 0.3 is 0 Å². The molecule has 3 heteroatoms. The molecule has 0 amide bonds. The van der Waals surface area contributed by atoms with Gasteiger partial charge in [-0.3, -0.25) is 4.90 Å². The molecule has 17 heavy (non-hydrogen) atoms. The van der Waals surface area contributed by atoms with Gasteiger partial charge in [0.05, 0.1) is 0 Å². The number of fused-ring (bicyclic) bond motifs is 1. The first-order chi connectivity index (χ1) is 8.34. The quantitative estimate of drug-likeness (QED) is 0.780. The highest BCUT2D eigenvalue weighted by atomic mass is 15.3. The Morgan fingerprint density at radius 1 is 1.12 bits per heavy atom. The first-order valence-corrected chi connectivity index (χ1v) is 6.56. The van der Waals surface area contributed by atoms with Crippen molar-refractivity contribution >= 4 is 0 Å². The van der Waals surface area contributed by atoms with Crippen LogP contribution in [0.1, 0.15) is 17.2 Å². The average molecular weight is 231 g/mol. The zero-order valence-electron chi connectivity index (χ0n) is 10.5. The second-order valence-corrected chi connectivity index (χ2v) is 5.18. The Balaban J connectivity index is 1.80. The van der Waals surface area contributed by atoms with Crippen LogP contribution in [0.25, 0.3) is 0 Å². The van der Waals surface area contributed by atoms with Crippen molar-refractivity contribution in [3.8, 4) is 0 Å². The number of nitrogens with one attached hydrogen (secondary N) is 1. The van der Waals surface area contributed by atoms with Crippen LogP contribution in [-0.2, 0) is 6.54 Å². The zero-order chi connectivity index (χ0) is 11.7. The first kappa shape index (κ1) is 11.2. The topological polar surface area (TPSA) is 18.5 Å². The molecule has 0 unspecified atom stereocenters. The van der Waals surface area contributed by atoms with Crippen LogP contribution < -0.4 is 5.32 Å². The molecule has 0 aromatic heterocycles. The SMILES string of the molecule is CN1CCN([C@@H]2CNCc3ccccc32)CC1. The second kappa shape index (κ2) is 4.77. The van der Waals surface area contributed by atoms with Gasteiger partial charge in [-0.15, -0.1) is 0 Å². The lowest BCUT2D eigenvalue weighted by molar-refractivity contribution is 0.106. The fourth-order valence-electron chi connectivity index (χ4n) is 2.93. The maximum absolute atomic E-state index is 3.54. The number of benzene rings is 1. The van der Waals surface area contributed by atoms with Crippen LogP contribution in [0.15, 0.2) is 24.3 Å². The second-order valence-electron chi connectivity index (χ2n) is 5.18. The molecule has 0 spiro atoms. The number of nitrogens with zero attached hydrogens (tertiary/aromatic N) is 2. The summed E-state index contributed by atoms with van der Waals surface area (Å²) in [5.41, 5.74) is 3.01. The molecule has 0 saturated carbocycles. The third-order valence-corrected chi connectivity index (χ3v) is 4.05. The van der Waals surface area contributed by atoms with Crippen LogP contribution in [0.3, 0.4) is 0 Å². The fraction of sp³-hybridized carbons (Fsp3) is 0.571. The van der Waals surface area contributed by atoms with E-state index in [0.29, 0.717) is 6.04 Å². The van der Waals surface area contributed by atoms with Gasteiger partial charge in [-0.2, -0.15) is 0 Å². The molecule has 1 aromatic rings. The largest absolute Gasteiger partial charge is 0.311 e. The molecule has 92 valence electrons. The number of hydrogen-bond acceptors (Lipinski definition) is 3. The van der Waals surface area contributed by atoms with Gasteiger partial charge in [-0.05, 0) is 18.2 Å². The lowest BCUT2D eigenvalue weighted by atomic mass is 9.95. The maximum atomic E-state index is 3.54. The molecule has 2 aliphatic heterocycles. The molecule has 3 rings (SSSR count). The van der Waals surface area contributed by atoms with E-state index in [2.05, 4.69) is 46.4 Å². The third kappa shape index (κ3) is 2.23. The van der Waals surface area contributed by atoms with Crippen molar-refractivity contribution in [3.05, 3.63) is 35.4 Å².